The molecule has 9 nitrogen and oxygen atoms in total. The predicted molar refractivity (Wildman–Crippen MR) is 124 cm³/mol. The Bertz CT molecular complexity index is 1050. The minimum Gasteiger partial charge on any atom is -0.507 e. The molecule has 0 aliphatic carbocycles. The number of hydrogen-bond donors (Lipinski definition) is 2. The van der Waals surface area contributed by atoms with Crippen molar-refractivity contribution in [2.75, 3.05) is 19.7 Å². The SMILES string of the molecule is C[C@@H]1C[C@@H]2O[C@H]2\C=C/C=C/C(=N\OCCN2CCCC2=O)Cc2c(Cl)c(O)cc(O)c2C(=O)O1. The van der Waals surface area contributed by atoms with Gasteiger partial charge in [-0.05, 0) is 25.0 Å². The highest BCUT2D eigenvalue weighted by Gasteiger charge is 2.38. The smallest absolute Gasteiger partial charge is 0.342 e. The minimum atomic E-state index is -0.761. The number of phenols is 2. The summed E-state index contributed by atoms with van der Waals surface area (Å²) in [6.45, 7) is 3.07. The molecule has 2 fully saturated rings. The molecule has 3 aliphatic rings. The molecule has 2 saturated heterocycles. The third kappa shape index (κ3) is 5.71. The number of cyclic esters (lactones) is 1. The molecule has 1 amide bonds. The molecule has 1 aromatic carbocycles. The van der Waals surface area contributed by atoms with Gasteiger partial charge in [-0.25, -0.2) is 4.79 Å². The lowest BCUT2D eigenvalue weighted by atomic mass is 9.99. The van der Waals surface area contributed by atoms with Crippen molar-refractivity contribution in [1.82, 2.24) is 4.90 Å². The van der Waals surface area contributed by atoms with Crippen LogP contribution in [0.4, 0.5) is 0 Å². The van der Waals surface area contributed by atoms with Crippen LogP contribution in [0.25, 0.3) is 0 Å². The number of likely N-dealkylation sites (tertiary alicyclic amines) is 1. The Balaban J connectivity index is 1.61. The van der Waals surface area contributed by atoms with E-state index >= 15 is 0 Å². The second kappa shape index (κ2) is 10.5. The van der Waals surface area contributed by atoms with Crippen LogP contribution in [0.2, 0.25) is 5.02 Å². The number of phenolic OH excluding ortho intramolecular Hbond substituents is 2. The monoisotopic (exact) mass is 490 g/mol. The van der Waals surface area contributed by atoms with Crippen LogP contribution in [0.5, 0.6) is 11.5 Å². The Morgan fingerprint density at radius 1 is 1.26 bits per heavy atom. The molecule has 182 valence electrons. The largest absolute Gasteiger partial charge is 0.507 e. The van der Waals surface area contributed by atoms with Crippen molar-refractivity contribution in [3.63, 3.8) is 0 Å². The molecule has 4 rings (SSSR count). The quantitative estimate of drug-likeness (QED) is 0.288. The van der Waals surface area contributed by atoms with Crippen LogP contribution < -0.4 is 0 Å². The number of esters is 1. The zero-order valence-electron chi connectivity index (χ0n) is 18.8. The van der Waals surface area contributed by atoms with Crippen molar-refractivity contribution >= 4 is 29.2 Å². The summed E-state index contributed by atoms with van der Waals surface area (Å²) < 4.78 is 11.1. The van der Waals surface area contributed by atoms with Crippen molar-refractivity contribution in [2.45, 2.75) is 50.9 Å². The number of allylic oxidation sites excluding steroid dienone is 3. The number of rotatable bonds is 4. The molecule has 3 heterocycles. The molecule has 1 aromatic rings. The van der Waals surface area contributed by atoms with Crippen LogP contribution in [-0.4, -0.2) is 70.7 Å². The van der Waals surface area contributed by atoms with Gasteiger partial charge in [0.15, 0.2) is 0 Å². The van der Waals surface area contributed by atoms with E-state index in [-0.39, 0.29) is 53.0 Å². The van der Waals surface area contributed by atoms with E-state index in [2.05, 4.69) is 5.16 Å². The van der Waals surface area contributed by atoms with Crippen molar-refractivity contribution in [3.05, 3.63) is 46.5 Å². The summed E-state index contributed by atoms with van der Waals surface area (Å²) in [5, 5.41) is 24.7. The molecular weight excluding hydrogens is 464 g/mol. The third-order valence-electron chi connectivity index (χ3n) is 5.88. The number of oxime groups is 1. The lowest BCUT2D eigenvalue weighted by Gasteiger charge is -2.17. The maximum absolute atomic E-state index is 12.9. The Morgan fingerprint density at radius 3 is 2.85 bits per heavy atom. The number of nitrogens with zero attached hydrogens (tertiary/aromatic N) is 2. The van der Waals surface area contributed by atoms with Crippen molar-refractivity contribution in [3.8, 4) is 11.5 Å². The molecular formula is C24H27ClN2O7. The summed E-state index contributed by atoms with van der Waals surface area (Å²) in [5.74, 6) is -1.48. The predicted octanol–water partition coefficient (Wildman–Crippen LogP) is 3.12. The van der Waals surface area contributed by atoms with Gasteiger partial charge in [-0.1, -0.05) is 35.0 Å². The van der Waals surface area contributed by atoms with E-state index in [0.717, 1.165) is 12.5 Å². The number of ether oxygens (including phenoxy) is 2. The van der Waals surface area contributed by atoms with E-state index in [1.54, 1.807) is 24.0 Å². The average Bonchev–Trinajstić information content (AvgIpc) is 3.38. The Morgan fingerprint density at radius 2 is 2.09 bits per heavy atom. The number of carbonyl (C=O) groups is 2. The molecule has 0 saturated carbocycles. The molecule has 0 radical (unpaired) electrons. The van der Waals surface area contributed by atoms with Gasteiger partial charge in [-0.15, -0.1) is 0 Å². The van der Waals surface area contributed by atoms with Gasteiger partial charge in [0.2, 0.25) is 5.91 Å². The summed E-state index contributed by atoms with van der Waals surface area (Å²) in [6, 6.07) is 1.01. The van der Waals surface area contributed by atoms with Crippen LogP contribution in [0, 0.1) is 0 Å². The van der Waals surface area contributed by atoms with Crippen LogP contribution in [0.1, 0.15) is 42.1 Å². The number of carbonyl (C=O) groups excluding carboxylic acids is 2. The summed E-state index contributed by atoms with van der Waals surface area (Å²) >= 11 is 6.33. The van der Waals surface area contributed by atoms with Gasteiger partial charge in [0.05, 0.1) is 23.4 Å². The first-order chi connectivity index (χ1) is 16.3. The van der Waals surface area contributed by atoms with Crippen molar-refractivity contribution in [2.24, 2.45) is 5.16 Å². The van der Waals surface area contributed by atoms with Crippen LogP contribution in [-0.2, 0) is 25.5 Å². The Hall–Kier alpha value is -3.04. The van der Waals surface area contributed by atoms with Gasteiger partial charge in [0, 0.05) is 31.9 Å². The number of epoxide rings is 1. The van der Waals surface area contributed by atoms with Crippen molar-refractivity contribution < 1.29 is 34.1 Å². The van der Waals surface area contributed by atoms with E-state index in [1.165, 1.54) is 0 Å². The van der Waals surface area contributed by atoms with Crippen LogP contribution >= 0.6 is 11.6 Å². The first-order valence-corrected chi connectivity index (χ1v) is 11.6. The molecule has 3 aliphatic heterocycles. The number of amides is 1. The van der Waals surface area contributed by atoms with Crippen LogP contribution in [0.15, 0.2) is 35.5 Å². The van der Waals surface area contributed by atoms with Gasteiger partial charge < -0.3 is 29.4 Å². The third-order valence-corrected chi connectivity index (χ3v) is 6.31. The van der Waals surface area contributed by atoms with Gasteiger partial charge in [0.25, 0.3) is 0 Å². The summed E-state index contributed by atoms with van der Waals surface area (Å²) in [6.07, 6.45) is 8.46. The summed E-state index contributed by atoms with van der Waals surface area (Å²) in [5.41, 5.74) is 0.413. The molecule has 10 heteroatoms. The van der Waals surface area contributed by atoms with E-state index in [9.17, 15) is 19.8 Å². The number of fused-ring (bicyclic) bond motifs is 2. The number of aromatic hydroxyl groups is 2. The van der Waals surface area contributed by atoms with Gasteiger partial charge in [0.1, 0.15) is 35.9 Å². The van der Waals surface area contributed by atoms with Crippen molar-refractivity contribution in [1.29, 1.82) is 0 Å². The van der Waals surface area contributed by atoms with Crippen LogP contribution in [0.3, 0.4) is 0 Å². The maximum Gasteiger partial charge on any atom is 0.342 e. The minimum absolute atomic E-state index is 0.0187. The highest BCUT2D eigenvalue weighted by Crippen LogP contribution is 2.38. The lowest BCUT2D eigenvalue weighted by molar-refractivity contribution is -0.128. The topological polar surface area (TPSA) is 121 Å². The number of halogens is 1. The highest BCUT2D eigenvalue weighted by molar-refractivity contribution is 6.33. The fourth-order valence-electron chi connectivity index (χ4n) is 4.07. The maximum atomic E-state index is 12.9. The van der Waals surface area contributed by atoms with Gasteiger partial charge in [-0.2, -0.15) is 0 Å². The first-order valence-electron chi connectivity index (χ1n) is 11.2. The molecule has 0 bridgehead atoms. The van der Waals surface area contributed by atoms with E-state index in [1.807, 2.05) is 12.2 Å². The normalized spacial score (nSPS) is 28.0. The molecule has 3 atom stereocenters. The second-order valence-corrected chi connectivity index (χ2v) is 8.87. The Kier molecular flexibility index (Phi) is 7.43. The number of hydrogen-bond acceptors (Lipinski definition) is 8. The fourth-order valence-corrected chi connectivity index (χ4v) is 4.29. The second-order valence-electron chi connectivity index (χ2n) is 8.49. The van der Waals surface area contributed by atoms with E-state index in [4.69, 9.17) is 25.9 Å². The fraction of sp³-hybridized carbons (Fsp3) is 0.458. The zero-order chi connectivity index (χ0) is 24.2. The summed E-state index contributed by atoms with van der Waals surface area (Å²) in [7, 11) is 0. The summed E-state index contributed by atoms with van der Waals surface area (Å²) in [4.78, 5) is 31.9. The lowest BCUT2D eigenvalue weighted by Crippen LogP contribution is -2.28. The van der Waals surface area contributed by atoms with Gasteiger partial charge >= 0.3 is 5.97 Å². The zero-order valence-corrected chi connectivity index (χ0v) is 19.5. The molecule has 0 spiro atoms. The van der Waals surface area contributed by atoms with Gasteiger partial charge in [-0.3, -0.25) is 4.79 Å². The first kappa shape index (κ1) is 24.1. The molecule has 0 unspecified atom stereocenters. The Labute approximate surface area is 202 Å². The van der Waals surface area contributed by atoms with E-state index < -0.39 is 17.8 Å². The average molecular weight is 491 g/mol. The number of benzene rings is 1. The standard InChI is InChI=1S/C24H27ClN2O7/c1-14-11-20-19(34-20)6-3-2-5-15(26-32-10-9-27-8-4-7-21(27)30)12-16-22(24(31)33-14)17(28)13-18(29)23(16)25/h2-3,5-6,13-14,19-20,28-29H,4,7-12H2,1H3/b5-2+,6-3-,26-15+/t14-,19+,20+/m1/s1. The van der Waals surface area contributed by atoms with E-state index in [0.29, 0.717) is 31.6 Å². The molecule has 2 N–H and O–H groups in total. The molecule has 34 heavy (non-hydrogen) atoms. The molecule has 0 aromatic heterocycles. The highest BCUT2D eigenvalue weighted by atomic mass is 35.5.